The van der Waals surface area contributed by atoms with Crippen LogP contribution in [0.25, 0.3) is 0 Å². The van der Waals surface area contributed by atoms with Crippen LogP contribution in [0, 0.1) is 0 Å². The van der Waals surface area contributed by atoms with E-state index in [1.54, 1.807) is 0 Å². The van der Waals surface area contributed by atoms with Crippen molar-refractivity contribution in [1.29, 1.82) is 0 Å². The van der Waals surface area contributed by atoms with E-state index in [9.17, 15) is 19.2 Å². The van der Waals surface area contributed by atoms with Crippen LogP contribution in [0.1, 0.15) is 19.3 Å². The number of carboxylic acid groups (broad SMARTS) is 2. The quantitative estimate of drug-likeness (QED) is 0.412. The number of carbonyl (C=O) groups is 4. The molecule has 106 valence electrons. The lowest BCUT2D eigenvalue weighted by Crippen LogP contribution is -2.55. The summed E-state index contributed by atoms with van der Waals surface area (Å²) in [6.07, 6.45) is 0.420. The third-order valence-electron chi connectivity index (χ3n) is 2.57. The lowest BCUT2D eigenvalue weighted by Gasteiger charge is -2.23. The van der Waals surface area contributed by atoms with Crippen molar-refractivity contribution in [2.45, 2.75) is 31.3 Å². The van der Waals surface area contributed by atoms with E-state index >= 15 is 0 Å². The Hall–Kier alpha value is -2.32. The van der Waals surface area contributed by atoms with Gasteiger partial charge in [-0.1, -0.05) is 0 Å². The van der Waals surface area contributed by atoms with Gasteiger partial charge in [-0.3, -0.25) is 9.59 Å². The van der Waals surface area contributed by atoms with Gasteiger partial charge in [-0.05, 0) is 12.8 Å². The molecule has 19 heavy (non-hydrogen) atoms. The van der Waals surface area contributed by atoms with Gasteiger partial charge in [0.15, 0.2) is 0 Å². The Balaban J connectivity index is 2.50. The van der Waals surface area contributed by atoms with Crippen molar-refractivity contribution in [1.82, 2.24) is 16.0 Å². The highest BCUT2D eigenvalue weighted by Gasteiger charge is 2.27. The normalized spacial score (nSPS) is 20.0. The monoisotopic (exact) mass is 273 g/mol. The van der Waals surface area contributed by atoms with E-state index < -0.39 is 36.5 Å². The zero-order valence-corrected chi connectivity index (χ0v) is 10.0. The average Bonchev–Trinajstić information content (AvgIpc) is 2.30. The minimum atomic E-state index is -1.54. The minimum Gasteiger partial charge on any atom is -0.481 e. The predicted molar refractivity (Wildman–Crippen MR) is 61.4 cm³/mol. The Bertz CT molecular complexity index is 397. The first-order valence-corrected chi connectivity index (χ1v) is 5.69. The van der Waals surface area contributed by atoms with Gasteiger partial charge < -0.3 is 26.2 Å². The van der Waals surface area contributed by atoms with Crippen molar-refractivity contribution in [2.24, 2.45) is 0 Å². The van der Waals surface area contributed by atoms with Crippen LogP contribution >= 0.6 is 0 Å². The van der Waals surface area contributed by atoms with Crippen LogP contribution in [-0.4, -0.2) is 52.7 Å². The van der Waals surface area contributed by atoms with Crippen LogP contribution in [-0.2, 0) is 14.4 Å². The minimum absolute atomic E-state index is 0.341. The van der Waals surface area contributed by atoms with Crippen LogP contribution in [0.15, 0.2) is 0 Å². The van der Waals surface area contributed by atoms with Gasteiger partial charge in [0.25, 0.3) is 0 Å². The van der Waals surface area contributed by atoms with Gasteiger partial charge in [-0.15, -0.1) is 0 Å². The van der Waals surface area contributed by atoms with Crippen molar-refractivity contribution < 1.29 is 29.4 Å². The van der Waals surface area contributed by atoms with Gasteiger partial charge in [0.1, 0.15) is 12.1 Å². The SMILES string of the molecule is O=C(O)C[C@H](NC(=O)NC1CCCNC1=O)C(=O)O. The molecule has 9 heteroatoms. The largest absolute Gasteiger partial charge is 0.481 e. The smallest absolute Gasteiger partial charge is 0.326 e. The Morgan fingerprint density at radius 3 is 2.58 bits per heavy atom. The second-order valence-corrected chi connectivity index (χ2v) is 4.09. The summed E-state index contributed by atoms with van der Waals surface area (Å²) in [6.45, 7) is 0.537. The lowest BCUT2D eigenvalue weighted by atomic mass is 10.1. The number of urea groups is 1. The van der Waals surface area contributed by atoms with E-state index in [1.165, 1.54) is 0 Å². The number of piperidine rings is 1. The highest BCUT2D eigenvalue weighted by molar-refractivity contribution is 5.90. The van der Waals surface area contributed by atoms with E-state index in [4.69, 9.17) is 10.2 Å². The standard InChI is InChI=1S/C10H15N3O6/c14-7(15)4-6(9(17)18)13-10(19)12-5-2-1-3-11-8(5)16/h5-6H,1-4H2,(H,11,16)(H,14,15)(H,17,18)(H2,12,13,19)/t5?,6-/m0/s1. The molecule has 0 spiro atoms. The molecular weight excluding hydrogens is 258 g/mol. The molecule has 0 bridgehead atoms. The highest BCUT2D eigenvalue weighted by Crippen LogP contribution is 2.02. The molecule has 0 radical (unpaired) electrons. The van der Waals surface area contributed by atoms with Gasteiger partial charge in [-0.2, -0.15) is 0 Å². The molecule has 5 N–H and O–H groups in total. The molecule has 0 aromatic heterocycles. The molecule has 1 rings (SSSR count). The van der Waals surface area contributed by atoms with Crippen molar-refractivity contribution in [2.75, 3.05) is 6.54 Å². The summed E-state index contributed by atoms with van der Waals surface area (Å²) in [6, 6.07) is -3.15. The molecule has 1 unspecified atom stereocenters. The molecule has 2 atom stereocenters. The molecule has 0 aromatic rings. The summed E-state index contributed by atoms with van der Waals surface area (Å²) >= 11 is 0. The zero-order valence-electron chi connectivity index (χ0n) is 10.0. The number of aliphatic carboxylic acids is 2. The molecule has 0 aromatic carbocycles. The van der Waals surface area contributed by atoms with E-state index in [2.05, 4.69) is 10.6 Å². The molecule has 1 aliphatic rings. The van der Waals surface area contributed by atoms with Crippen LogP contribution < -0.4 is 16.0 Å². The van der Waals surface area contributed by atoms with E-state index in [1.807, 2.05) is 5.32 Å². The van der Waals surface area contributed by atoms with Crippen molar-refractivity contribution >= 4 is 23.9 Å². The summed E-state index contributed by atoms with van der Waals surface area (Å²) < 4.78 is 0. The zero-order chi connectivity index (χ0) is 14.4. The Morgan fingerprint density at radius 2 is 2.05 bits per heavy atom. The fraction of sp³-hybridized carbons (Fsp3) is 0.600. The highest BCUT2D eigenvalue weighted by atomic mass is 16.4. The summed E-state index contributed by atoms with van der Waals surface area (Å²) in [5.41, 5.74) is 0. The van der Waals surface area contributed by atoms with E-state index in [-0.39, 0.29) is 5.91 Å². The molecular formula is C10H15N3O6. The second kappa shape index (κ2) is 6.57. The van der Waals surface area contributed by atoms with E-state index in [0.29, 0.717) is 19.4 Å². The summed E-state index contributed by atoms with van der Waals surface area (Å²) in [5, 5.41) is 24.1. The number of carboxylic acids is 2. The van der Waals surface area contributed by atoms with Crippen LogP contribution in [0.2, 0.25) is 0 Å². The van der Waals surface area contributed by atoms with Crippen molar-refractivity contribution in [3.8, 4) is 0 Å². The fourth-order valence-corrected chi connectivity index (χ4v) is 1.64. The molecule has 0 aliphatic carbocycles. The summed E-state index contributed by atoms with van der Waals surface area (Å²) in [7, 11) is 0. The van der Waals surface area contributed by atoms with Gasteiger partial charge >= 0.3 is 18.0 Å². The Labute approximate surface area is 108 Å². The lowest BCUT2D eigenvalue weighted by molar-refractivity contribution is -0.145. The maximum Gasteiger partial charge on any atom is 0.326 e. The first-order chi connectivity index (χ1) is 8.90. The molecule has 9 nitrogen and oxygen atoms in total. The predicted octanol–water partition coefficient (Wildman–Crippen LogP) is -1.51. The third-order valence-corrected chi connectivity index (χ3v) is 2.57. The van der Waals surface area contributed by atoms with Crippen LogP contribution in [0.3, 0.4) is 0 Å². The second-order valence-electron chi connectivity index (χ2n) is 4.09. The fourth-order valence-electron chi connectivity index (χ4n) is 1.64. The summed E-state index contributed by atoms with van der Waals surface area (Å²) in [5.74, 6) is -3.14. The number of carbonyl (C=O) groups excluding carboxylic acids is 2. The number of amides is 3. The van der Waals surface area contributed by atoms with Crippen LogP contribution in [0.4, 0.5) is 4.79 Å². The average molecular weight is 273 g/mol. The van der Waals surface area contributed by atoms with Gasteiger partial charge in [-0.25, -0.2) is 9.59 Å². The Morgan fingerprint density at radius 1 is 1.37 bits per heavy atom. The Kier molecular flexibility index (Phi) is 5.10. The van der Waals surface area contributed by atoms with E-state index in [0.717, 1.165) is 0 Å². The number of hydrogen-bond donors (Lipinski definition) is 5. The van der Waals surface area contributed by atoms with Crippen molar-refractivity contribution in [3.63, 3.8) is 0 Å². The maximum atomic E-state index is 11.5. The van der Waals surface area contributed by atoms with Crippen LogP contribution in [0.5, 0.6) is 0 Å². The summed E-state index contributed by atoms with van der Waals surface area (Å²) in [4.78, 5) is 44.0. The van der Waals surface area contributed by atoms with Gasteiger partial charge in [0, 0.05) is 6.54 Å². The van der Waals surface area contributed by atoms with Gasteiger partial charge in [0.2, 0.25) is 5.91 Å². The maximum absolute atomic E-state index is 11.5. The molecule has 0 saturated carbocycles. The molecule has 1 saturated heterocycles. The third kappa shape index (κ3) is 4.82. The van der Waals surface area contributed by atoms with Crippen molar-refractivity contribution in [3.05, 3.63) is 0 Å². The topological polar surface area (TPSA) is 145 Å². The molecule has 1 aliphatic heterocycles. The van der Waals surface area contributed by atoms with Gasteiger partial charge in [0.05, 0.1) is 6.42 Å². The first kappa shape index (κ1) is 14.7. The number of nitrogens with one attached hydrogen (secondary N) is 3. The molecule has 1 heterocycles. The number of rotatable bonds is 5. The molecule has 3 amide bonds. The molecule has 1 fully saturated rings. The number of hydrogen-bond acceptors (Lipinski definition) is 4. The first-order valence-electron chi connectivity index (χ1n) is 5.69.